The van der Waals surface area contributed by atoms with E-state index < -0.39 is 28.3 Å². The summed E-state index contributed by atoms with van der Waals surface area (Å²) in [7, 11) is -1.54. The lowest BCUT2D eigenvalue weighted by Crippen LogP contribution is -2.50. The van der Waals surface area contributed by atoms with Crippen LogP contribution in [0.4, 0.5) is 13.2 Å². The average molecular weight is 367 g/mol. The molecule has 1 aliphatic rings. The second-order valence-electron chi connectivity index (χ2n) is 6.08. The van der Waals surface area contributed by atoms with Crippen LogP contribution in [-0.2, 0) is 10.8 Å². The molecule has 1 aliphatic heterocycles. The monoisotopic (exact) mass is 367 g/mol. The van der Waals surface area contributed by atoms with Crippen molar-refractivity contribution in [3.8, 4) is 0 Å². The van der Waals surface area contributed by atoms with Gasteiger partial charge in [-0.1, -0.05) is 0 Å². The van der Waals surface area contributed by atoms with Crippen molar-refractivity contribution in [3.63, 3.8) is 0 Å². The molecule has 1 saturated heterocycles. The van der Waals surface area contributed by atoms with Crippen LogP contribution in [0.3, 0.4) is 0 Å². The van der Waals surface area contributed by atoms with Crippen LogP contribution in [0, 0.1) is 23.4 Å². The molecule has 132 valence electrons. The van der Waals surface area contributed by atoms with Crippen LogP contribution in [-0.4, -0.2) is 40.3 Å². The predicted molar refractivity (Wildman–Crippen MR) is 88.3 cm³/mol. The zero-order valence-electron chi connectivity index (χ0n) is 13.3. The summed E-state index contributed by atoms with van der Waals surface area (Å²) < 4.78 is 51.6. The molecule has 0 spiro atoms. The van der Waals surface area contributed by atoms with Gasteiger partial charge in [0.2, 0.25) is 0 Å². The average Bonchev–Trinajstić information content (AvgIpc) is 2.53. The third kappa shape index (κ3) is 4.35. The van der Waals surface area contributed by atoms with Crippen molar-refractivity contribution in [1.29, 1.82) is 0 Å². The van der Waals surface area contributed by atoms with Gasteiger partial charge in [-0.3, -0.25) is 13.9 Å². The van der Waals surface area contributed by atoms with Gasteiger partial charge in [0.1, 0.15) is 17.5 Å². The lowest BCUT2D eigenvalue weighted by molar-refractivity contribution is 0.0772. The standard InChI is InChI=1S/C18H16F3NO2S/c19-14-3-1-13(2-4-14)17(23)10-22-8-12(9-22)11-25(24)18-6-5-15(20)7-16(18)21/h1-7,12H,8-11H2. The minimum Gasteiger partial charge on any atom is -0.295 e. The Morgan fingerprint density at radius 2 is 1.68 bits per heavy atom. The maximum atomic E-state index is 13.6. The Kier molecular flexibility index (Phi) is 5.34. The van der Waals surface area contributed by atoms with E-state index >= 15 is 0 Å². The molecule has 0 saturated carbocycles. The van der Waals surface area contributed by atoms with E-state index in [1.807, 2.05) is 4.90 Å². The van der Waals surface area contributed by atoms with Gasteiger partial charge in [-0.15, -0.1) is 0 Å². The summed E-state index contributed by atoms with van der Waals surface area (Å²) in [5.41, 5.74) is 0.446. The number of hydrogen-bond donors (Lipinski definition) is 0. The number of likely N-dealkylation sites (tertiary alicyclic amines) is 1. The maximum Gasteiger partial charge on any atom is 0.176 e. The van der Waals surface area contributed by atoms with E-state index in [9.17, 15) is 22.2 Å². The summed E-state index contributed by atoms with van der Waals surface area (Å²) in [6.45, 7) is 1.38. The smallest absolute Gasteiger partial charge is 0.176 e. The molecule has 1 atom stereocenters. The lowest BCUT2D eigenvalue weighted by Gasteiger charge is -2.38. The Morgan fingerprint density at radius 1 is 1.04 bits per heavy atom. The highest BCUT2D eigenvalue weighted by atomic mass is 32.2. The molecule has 0 aliphatic carbocycles. The number of halogens is 3. The molecule has 1 heterocycles. The summed E-state index contributed by atoms with van der Waals surface area (Å²) in [6, 6.07) is 8.39. The van der Waals surface area contributed by atoms with Gasteiger partial charge in [0.15, 0.2) is 5.78 Å². The molecule has 25 heavy (non-hydrogen) atoms. The molecular weight excluding hydrogens is 351 g/mol. The highest BCUT2D eigenvalue weighted by Crippen LogP contribution is 2.21. The summed E-state index contributed by atoms with van der Waals surface area (Å²) in [5, 5.41) is 0. The van der Waals surface area contributed by atoms with Gasteiger partial charge in [-0.2, -0.15) is 0 Å². The van der Waals surface area contributed by atoms with Crippen molar-refractivity contribution in [2.45, 2.75) is 4.90 Å². The van der Waals surface area contributed by atoms with E-state index in [0.29, 0.717) is 18.7 Å². The summed E-state index contributed by atoms with van der Waals surface area (Å²) in [6.07, 6.45) is 0. The van der Waals surface area contributed by atoms with Crippen molar-refractivity contribution in [2.24, 2.45) is 5.92 Å². The zero-order valence-corrected chi connectivity index (χ0v) is 14.1. The number of carbonyl (C=O) groups is 1. The highest BCUT2D eigenvalue weighted by molar-refractivity contribution is 7.85. The Bertz CT molecular complexity index is 804. The van der Waals surface area contributed by atoms with Gasteiger partial charge in [-0.25, -0.2) is 13.2 Å². The molecule has 1 unspecified atom stereocenters. The number of Topliss-reactive ketones (excluding diaryl/α,β-unsaturated/α-hetero) is 1. The minimum atomic E-state index is -1.54. The van der Waals surface area contributed by atoms with E-state index in [4.69, 9.17) is 0 Å². The third-order valence-electron chi connectivity index (χ3n) is 4.09. The van der Waals surface area contributed by atoms with Crippen molar-refractivity contribution in [2.75, 3.05) is 25.4 Å². The van der Waals surface area contributed by atoms with E-state index in [0.717, 1.165) is 12.1 Å². The lowest BCUT2D eigenvalue weighted by atomic mass is 10.0. The van der Waals surface area contributed by atoms with E-state index in [1.54, 1.807) is 0 Å². The van der Waals surface area contributed by atoms with E-state index in [2.05, 4.69) is 0 Å². The van der Waals surface area contributed by atoms with Gasteiger partial charge in [0.25, 0.3) is 0 Å². The Hall–Kier alpha value is -1.99. The van der Waals surface area contributed by atoms with Crippen LogP contribution in [0.25, 0.3) is 0 Å². The largest absolute Gasteiger partial charge is 0.295 e. The maximum absolute atomic E-state index is 13.6. The van der Waals surface area contributed by atoms with Crippen LogP contribution in [0.1, 0.15) is 10.4 Å². The van der Waals surface area contributed by atoms with Gasteiger partial charge in [0.05, 0.1) is 22.2 Å². The normalized spacial score (nSPS) is 16.4. The first-order valence-electron chi connectivity index (χ1n) is 7.77. The Balaban J connectivity index is 1.48. The first-order chi connectivity index (χ1) is 11.9. The van der Waals surface area contributed by atoms with Gasteiger partial charge < -0.3 is 0 Å². The van der Waals surface area contributed by atoms with E-state index in [1.165, 1.54) is 30.3 Å². The van der Waals surface area contributed by atoms with Crippen LogP contribution in [0.2, 0.25) is 0 Å². The Morgan fingerprint density at radius 3 is 2.32 bits per heavy atom. The fourth-order valence-corrected chi connectivity index (χ4v) is 4.12. The van der Waals surface area contributed by atoms with Crippen molar-refractivity contribution < 1.29 is 22.2 Å². The van der Waals surface area contributed by atoms with Crippen molar-refractivity contribution >= 4 is 16.6 Å². The quantitative estimate of drug-likeness (QED) is 0.737. The van der Waals surface area contributed by atoms with Gasteiger partial charge in [0, 0.05) is 30.5 Å². The number of benzene rings is 2. The molecule has 0 amide bonds. The van der Waals surface area contributed by atoms with Gasteiger partial charge >= 0.3 is 0 Å². The first-order valence-corrected chi connectivity index (χ1v) is 9.09. The molecule has 2 aromatic carbocycles. The molecule has 2 aromatic rings. The molecule has 0 radical (unpaired) electrons. The van der Waals surface area contributed by atoms with Crippen molar-refractivity contribution in [1.82, 2.24) is 4.90 Å². The minimum absolute atomic E-state index is 0.00207. The summed E-state index contributed by atoms with van der Waals surface area (Å²) in [4.78, 5) is 14.0. The number of hydrogen-bond acceptors (Lipinski definition) is 3. The zero-order chi connectivity index (χ0) is 18.0. The molecule has 7 heteroatoms. The molecule has 3 nitrogen and oxygen atoms in total. The topological polar surface area (TPSA) is 37.4 Å². The second-order valence-corrected chi connectivity index (χ2v) is 7.54. The molecule has 0 bridgehead atoms. The SMILES string of the molecule is O=C(CN1CC(CS(=O)c2ccc(F)cc2F)C1)c1ccc(F)cc1. The molecule has 0 N–H and O–H groups in total. The second kappa shape index (κ2) is 7.49. The number of rotatable bonds is 6. The predicted octanol–water partition coefficient (Wildman–Crippen LogP) is 3.03. The number of ketones is 1. The summed E-state index contributed by atoms with van der Waals surface area (Å²) in [5.74, 6) is -1.65. The fourth-order valence-electron chi connectivity index (χ4n) is 2.81. The molecule has 3 rings (SSSR count). The number of carbonyl (C=O) groups excluding carboxylic acids is 1. The Labute approximate surface area is 145 Å². The fraction of sp³-hybridized carbons (Fsp3) is 0.278. The molecule has 0 aromatic heterocycles. The van der Waals surface area contributed by atoms with Crippen LogP contribution < -0.4 is 0 Å². The summed E-state index contributed by atoms with van der Waals surface area (Å²) >= 11 is 0. The third-order valence-corrected chi connectivity index (χ3v) is 5.69. The highest BCUT2D eigenvalue weighted by Gasteiger charge is 2.30. The molecular formula is C18H16F3NO2S. The first kappa shape index (κ1) is 17.8. The van der Waals surface area contributed by atoms with Crippen LogP contribution in [0.15, 0.2) is 47.4 Å². The van der Waals surface area contributed by atoms with Crippen molar-refractivity contribution in [3.05, 3.63) is 65.5 Å². The molecule has 1 fully saturated rings. The number of nitrogens with zero attached hydrogens (tertiary/aromatic N) is 1. The van der Waals surface area contributed by atoms with Crippen LogP contribution >= 0.6 is 0 Å². The van der Waals surface area contributed by atoms with Gasteiger partial charge in [-0.05, 0) is 42.3 Å². The van der Waals surface area contributed by atoms with Crippen LogP contribution in [0.5, 0.6) is 0 Å². The van der Waals surface area contributed by atoms with E-state index in [-0.39, 0.29) is 28.9 Å².